The first-order valence-corrected chi connectivity index (χ1v) is 5.34. The first kappa shape index (κ1) is 12.8. The monoisotopic (exact) mass is 260 g/mol. The van der Waals surface area contributed by atoms with Gasteiger partial charge in [0.25, 0.3) is 0 Å². The molecule has 0 N–H and O–H groups in total. The first-order chi connectivity index (χ1) is 9.15. The molecule has 0 aliphatic heterocycles. The van der Waals surface area contributed by atoms with Crippen molar-refractivity contribution < 1.29 is 18.7 Å². The van der Waals surface area contributed by atoms with E-state index in [9.17, 15) is 9.18 Å². The lowest BCUT2D eigenvalue weighted by Gasteiger charge is -2.08. The first-order valence-electron chi connectivity index (χ1n) is 5.34. The topological polar surface area (TPSA) is 72.2 Å². The van der Waals surface area contributed by atoms with Crippen molar-refractivity contribution in [2.75, 3.05) is 13.7 Å². The van der Waals surface area contributed by atoms with Crippen LogP contribution in [-0.4, -0.2) is 24.7 Å². The zero-order valence-corrected chi connectivity index (χ0v) is 10.0. The molecule has 0 fully saturated rings. The van der Waals surface area contributed by atoms with Crippen LogP contribution in [0, 0.1) is 17.1 Å². The van der Waals surface area contributed by atoms with Crippen molar-refractivity contribution in [2.45, 2.75) is 0 Å². The molecule has 0 saturated carbocycles. The minimum atomic E-state index is -0.631. The highest BCUT2D eigenvalue weighted by atomic mass is 19.1. The van der Waals surface area contributed by atoms with E-state index in [-0.39, 0.29) is 18.1 Å². The van der Waals surface area contributed by atoms with Gasteiger partial charge in [0.05, 0.1) is 12.6 Å². The molecule has 2 aromatic rings. The maximum Gasteiger partial charge on any atom is 0.356 e. The van der Waals surface area contributed by atoms with Gasteiger partial charge in [0.1, 0.15) is 17.6 Å². The lowest BCUT2D eigenvalue weighted by atomic mass is 10.1. The Morgan fingerprint density at radius 2 is 2.26 bits per heavy atom. The number of nitrogens with zero attached hydrogens (tertiary/aromatic N) is 2. The molecule has 0 saturated heterocycles. The fourth-order valence-corrected chi connectivity index (χ4v) is 1.61. The smallest absolute Gasteiger partial charge is 0.356 e. The molecule has 0 bridgehead atoms. The number of ether oxygens (including phenoxy) is 2. The average molecular weight is 260 g/mol. The van der Waals surface area contributed by atoms with Gasteiger partial charge < -0.3 is 9.47 Å². The summed E-state index contributed by atoms with van der Waals surface area (Å²) < 4.78 is 23.0. The minimum absolute atomic E-state index is 0.0366. The number of pyridine rings is 1. The van der Waals surface area contributed by atoms with Crippen LogP contribution in [0.1, 0.15) is 10.5 Å². The number of hydrogen-bond donors (Lipinski definition) is 0. The number of carbonyl (C=O) groups is 1. The van der Waals surface area contributed by atoms with Crippen molar-refractivity contribution in [3.05, 3.63) is 35.8 Å². The number of fused-ring (bicyclic) bond motifs is 1. The van der Waals surface area contributed by atoms with Gasteiger partial charge in [0, 0.05) is 11.5 Å². The third-order valence-electron chi connectivity index (χ3n) is 2.42. The maximum absolute atomic E-state index is 13.2. The largest absolute Gasteiger partial charge is 0.478 e. The fourth-order valence-electron chi connectivity index (χ4n) is 1.61. The molecule has 0 atom stereocenters. The molecule has 0 radical (unpaired) electrons. The van der Waals surface area contributed by atoms with E-state index in [0.29, 0.717) is 10.9 Å². The van der Waals surface area contributed by atoms with E-state index in [2.05, 4.69) is 9.72 Å². The molecule has 1 aromatic heterocycles. The van der Waals surface area contributed by atoms with E-state index in [1.165, 1.54) is 31.4 Å². The number of methoxy groups -OCH3 is 1. The predicted octanol–water partition coefficient (Wildman–Crippen LogP) is 2.06. The van der Waals surface area contributed by atoms with Gasteiger partial charge in [-0.15, -0.1) is 0 Å². The Balaban J connectivity index is 2.62. The molecular weight excluding hydrogens is 251 g/mol. The highest BCUT2D eigenvalue weighted by Crippen LogP contribution is 2.26. The average Bonchev–Trinajstić information content (AvgIpc) is 2.43. The molecule has 1 aromatic carbocycles. The number of carbonyl (C=O) groups excluding carboxylic acids is 1. The second kappa shape index (κ2) is 5.31. The number of aromatic nitrogens is 1. The lowest BCUT2D eigenvalue weighted by Crippen LogP contribution is -2.06. The van der Waals surface area contributed by atoms with Crippen molar-refractivity contribution in [3.8, 4) is 11.8 Å². The second-order valence-electron chi connectivity index (χ2n) is 3.61. The van der Waals surface area contributed by atoms with Crippen LogP contribution in [0.4, 0.5) is 4.39 Å². The Bertz CT molecular complexity index is 679. The predicted molar refractivity (Wildman–Crippen MR) is 64.1 cm³/mol. The van der Waals surface area contributed by atoms with Crippen molar-refractivity contribution in [3.63, 3.8) is 0 Å². The number of benzene rings is 1. The molecule has 0 spiro atoms. The van der Waals surface area contributed by atoms with Crippen LogP contribution in [0.3, 0.4) is 0 Å². The molecule has 0 aliphatic carbocycles. The normalized spacial score (nSPS) is 9.95. The van der Waals surface area contributed by atoms with Gasteiger partial charge in [-0.25, -0.2) is 14.2 Å². The summed E-state index contributed by atoms with van der Waals surface area (Å²) in [5.74, 6) is -0.874. The molecule has 6 heteroatoms. The van der Waals surface area contributed by atoms with Gasteiger partial charge in [-0.2, -0.15) is 5.26 Å². The van der Waals surface area contributed by atoms with E-state index in [4.69, 9.17) is 10.00 Å². The van der Waals surface area contributed by atoms with Crippen LogP contribution < -0.4 is 4.74 Å². The van der Waals surface area contributed by atoms with E-state index in [1.807, 2.05) is 0 Å². The SMILES string of the molecule is COC(=O)c1cc(OCC#N)c2cc(F)ccc2n1. The maximum atomic E-state index is 13.2. The van der Waals surface area contributed by atoms with Gasteiger partial charge in [-0.05, 0) is 18.2 Å². The number of rotatable bonds is 3. The number of nitriles is 1. The van der Waals surface area contributed by atoms with Crippen LogP contribution in [0.25, 0.3) is 10.9 Å². The summed E-state index contributed by atoms with van der Waals surface area (Å²) in [6, 6.07) is 7.02. The van der Waals surface area contributed by atoms with Gasteiger partial charge in [-0.3, -0.25) is 0 Å². The van der Waals surface area contributed by atoms with Gasteiger partial charge in [-0.1, -0.05) is 0 Å². The minimum Gasteiger partial charge on any atom is -0.478 e. The Kier molecular flexibility index (Phi) is 3.57. The molecule has 19 heavy (non-hydrogen) atoms. The number of hydrogen-bond acceptors (Lipinski definition) is 5. The van der Waals surface area contributed by atoms with Gasteiger partial charge >= 0.3 is 5.97 Å². The Hall–Kier alpha value is -2.68. The molecule has 0 unspecified atom stereocenters. The highest BCUT2D eigenvalue weighted by molar-refractivity contribution is 5.94. The molecule has 2 rings (SSSR count). The van der Waals surface area contributed by atoms with Gasteiger partial charge in [0.2, 0.25) is 0 Å². The van der Waals surface area contributed by atoms with Crippen LogP contribution in [-0.2, 0) is 4.74 Å². The Morgan fingerprint density at radius 1 is 1.47 bits per heavy atom. The standard InChI is InChI=1S/C13H9FN2O3/c1-18-13(17)11-7-12(19-5-4-15)9-6-8(14)2-3-10(9)16-11/h2-3,6-7H,5H2,1H3. The van der Waals surface area contributed by atoms with E-state index in [1.54, 1.807) is 6.07 Å². The van der Waals surface area contributed by atoms with E-state index >= 15 is 0 Å². The van der Waals surface area contributed by atoms with Crippen molar-refractivity contribution in [1.82, 2.24) is 4.98 Å². The van der Waals surface area contributed by atoms with Crippen LogP contribution in [0.15, 0.2) is 24.3 Å². The van der Waals surface area contributed by atoms with E-state index < -0.39 is 11.8 Å². The van der Waals surface area contributed by atoms with Crippen molar-refractivity contribution >= 4 is 16.9 Å². The lowest BCUT2D eigenvalue weighted by molar-refractivity contribution is 0.0594. The summed E-state index contributed by atoms with van der Waals surface area (Å²) in [6.07, 6.45) is 0. The summed E-state index contributed by atoms with van der Waals surface area (Å²) in [5.41, 5.74) is 0.423. The molecule has 0 amide bonds. The van der Waals surface area contributed by atoms with Crippen molar-refractivity contribution in [1.29, 1.82) is 5.26 Å². The fraction of sp³-hybridized carbons (Fsp3) is 0.154. The van der Waals surface area contributed by atoms with Crippen LogP contribution in [0.2, 0.25) is 0 Å². The third kappa shape index (κ3) is 2.60. The molecule has 96 valence electrons. The van der Waals surface area contributed by atoms with E-state index in [0.717, 1.165) is 0 Å². The second-order valence-corrected chi connectivity index (χ2v) is 3.61. The quantitative estimate of drug-likeness (QED) is 0.790. The third-order valence-corrected chi connectivity index (χ3v) is 2.42. The molecule has 1 heterocycles. The highest BCUT2D eigenvalue weighted by Gasteiger charge is 2.13. The summed E-state index contributed by atoms with van der Waals surface area (Å²) >= 11 is 0. The van der Waals surface area contributed by atoms with Crippen LogP contribution >= 0.6 is 0 Å². The number of halogens is 1. The summed E-state index contributed by atoms with van der Waals surface area (Å²) in [7, 11) is 1.23. The summed E-state index contributed by atoms with van der Waals surface area (Å²) in [5, 5.41) is 8.91. The summed E-state index contributed by atoms with van der Waals surface area (Å²) in [4.78, 5) is 15.5. The number of esters is 1. The molecular formula is C13H9FN2O3. The summed E-state index contributed by atoms with van der Waals surface area (Å²) in [6.45, 7) is -0.212. The van der Waals surface area contributed by atoms with Crippen LogP contribution in [0.5, 0.6) is 5.75 Å². The molecule has 5 nitrogen and oxygen atoms in total. The Morgan fingerprint density at radius 3 is 2.95 bits per heavy atom. The molecule has 0 aliphatic rings. The zero-order valence-electron chi connectivity index (χ0n) is 10.0. The van der Waals surface area contributed by atoms with Gasteiger partial charge in [0.15, 0.2) is 12.3 Å². The van der Waals surface area contributed by atoms with Crippen molar-refractivity contribution in [2.24, 2.45) is 0 Å². The zero-order chi connectivity index (χ0) is 13.8. The Labute approximate surface area is 108 Å².